The number of nitrogens with zero attached hydrogens (tertiary/aromatic N) is 1. The molecule has 0 fully saturated rings. The Morgan fingerprint density at radius 1 is 1.07 bits per heavy atom. The molecule has 2 rings (SSSR count). The number of aryl methyl sites for hydroxylation is 2. The summed E-state index contributed by atoms with van der Waals surface area (Å²) in [5.74, 6) is 0.754. The molecule has 0 atom stereocenters. The lowest BCUT2D eigenvalue weighted by Gasteiger charge is -2.13. The van der Waals surface area contributed by atoms with Crippen LogP contribution >= 0.6 is 0 Å². The van der Waals surface area contributed by atoms with Gasteiger partial charge < -0.3 is 4.74 Å². The van der Waals surface area contributed by atoms with Crippen molar-refractivity contribution in [2.24, 2.45) is 0 Å². The molecular formula is C12H17NO. The highest BCUT2D eigenvalue weighted by molar-refractivity contribution is 5.26. The first-order chi connectivity index (χ1) is 6.90. The molecule has 14 heavy (non-hydrogen) atoms. The van der Waals surface area contributed by atoms with Crippen LogP contribution in [0.3, 0.4) is 0 Å². The Morgan fingerprint density at radius 2 is 1.86 bits per heavy atom. The van der Waals surface area contributed by atoms with Gasteiger partial charge in [0, 0.05) is 11.8 Å². The first-order valence-electron chi connectivity index (χ1n) is 5.43. The maximum atomic E-state index is 5.14. The predicted octanol–water partition coefficient (Wildman–Crippen LogP) is 2.75. The van der Waals surface area contributed by atoms with Gasteiger partial charge in [0.15, 0.2) is 0 Å². The molecular weight excluding hydrogens is 174 g/mol. The van der Waals surface area contributed by atoms with Crippen molar-refractivity contribution in [3.05, 3.63) is 23.4 Å². The van der Waals surface area contributed by atoms with E-state index in [9.17, 15) is 0 Å². The van der Waals surface area contributed by atoms with Crippen LogP contribution in [0.15, 0.2) is 12.1 Å². The van der Waals surface area contributed by atoms with Crippen molar-refractivity contribution in [2.75, 3.05) is 7.11 Å². The van der Waals surface area contributed by atoms with Gasteiger partial charge in [-0.05, 0) is 31.2 Å². The fraction of sp³-hybridized carbons (Fsp3) is 0.583. The van der Waals surface area contributed by atoms with E-state index in [4.69, 9.17) is 4.74 Å². The highest BCUT2D eigenvalue weighted by Crippen LogP contribution is 2.20. The Balaban J connectivity index is 2.26. The zero-order valence-corrected chi connectivity index (χ0v) is 8.75. The summed E-state index contributed by atoms with van der Waals surface area (Å²) >= 11 is 0. The molecule has 1 heterocycles. The molecule has 0 amide bonds. The van der Waals surface area contributed by atoms with E-state index in [0.29, 0.717) is 0 Å². The zero-order valence-electron chi connectivity index (χ0n) is 8.75. The summed E-state index contributed by atoms with van der Waals surface area (Å²) in [5, 5.41) is 0. The van der Waals surface area contributed by atoms with Crippen LogP contribution in [0.25, 0.3) is 0 Å². The minimum absolute atomic E-state index is 0.754. The van der Waals surface area contributed by atoms with Crippen molar-refractivity contribution >= 4 is 0 Å². The van der Waals surface area contributed by atoms with E-state index in [2.05, 4.69) is 11.1 Å². The van der Waals surface area contributed by atoms with Crippen LogP contribution in [0.1, 0.15) is 36.9 Å². The molecule has 0 saturated carbocycles. The van der Waals surface area contributed by atoms with E-state index in [1.165, 1.54) is 43.4 Å². The van der Waals surface area contributed by atoms with Crippen LogP contribution in [-0.2, 0) is 12.8 Å². The number of pyridine rings is 1. The van der Waals surface area contributed by atoms with E-state index < -0.39 is 0 Å². The Kier molecular flexibility index (Phi) is 3.02. The van der Waals surface area contributed by atoms with Crippen LogP contribution in [0.2, 0.25) is 0 Å². The molecule has 1 aromatic rings. The number of hydrogen-bond acceptors (Lipinski definition) is 2. The largest absolute Gasteiger partial charge is 0.481 e. The number of aromatic nitrogens is 1. The molecule has 0 aromatic carbocycles. The van der Waals surface area contributed by atoms with Gasteiger partial charge in [-0.3, -0.25) is 0 Å². The summed E-state index contributed by atoms with van der Waals surface area (Å²) in [6.45, 7) is 0. The minimum atomic E-state index is 0.754. The number of hydrogen-bond donors (Lipinski definition) is 0. The third kappa shape index (κ3) is 2.06. The van der Waals surface area contributed by atoms with Gasteiger partial charge in [0.1, 0.15) is 0 Å². The molecule has 2 nitrogen and oxygen atoms in total. The third-order valence-corrected chi connectivity index (χ3v) is 2.86. The van der Waals surface area contributed by atoms with E-state index in [-0.39, 0.29) is 0 Å². The predicted molar refractivity (Wildman–Crippen MR) is 56.7 cm³/mol. The highest BCUT2D eigenvalue weighted by Gasteiger charge is 2.08. The average Bonchev–Trinajstić information content (AvgIpc) is 2.18. The zero-order chi connectivity index (χ0) is 9.80. The number of rotatable bonds is 1. The summed E-state index contributed by atoms with van der Waals surface area (Å²) < 4.78 is 5.14. The number of methoxy groups -OCH3 is 1. The third-order valence-electron chi connectivity index (χ3n) is 2.86. The van der Waals surface area contributed by atoms with E-state index in [0.717, 1.165) is 12.3 Å². The fourth-order valence-corrected chi connectivity index (χ4v) is 2.03. The van der Waals surface area contributed by atoms with Crippen molar-refractivity contribution in [1.29, 1.82) is 0 Å². The molecule has 1 aliphatic rings. The Hall–Kier alpha value is -1.05. The van der Waals surface area contributed by atoms with Gasteiger partial charge in [0.05, 0.1) is 7.11 Å². The van der Waals surface area contributed by atoms with Gasteiger partial charge in [0.2, 0.25) is 5.88 Å². The maximum absolute atomic E-state index is 5.14. The maximum Gasteiger partial charge on any atom is 0.213 e. The van der Waals surface area contributed by atoms with Crippen molar-refractivity contribution in [3.8, 4) is 5.88 Å². The molecule has 1 aliphatic carbocycles. The molecule has 2 heteroatoms. The smallest absolute Gasteiger partial charge is 0.213 e. The topological polar surface area (TPSA) is 22.1 Å². The van der Waals surface area contributed by atoms with Crippen molar-refractivity contribution < 1.29 is 4.74 Å². The number of fused-ring (bicyclic) bond motifs is 1. The standard InChI is InChI=1S/C12H17NO/c1-14-12-9-8-10-6-4-2-3-5-7-11(10)13-12/h8-9H,2-7H2,1H3. The average molecular weight is 191 g/mol. The van der Waals surface area contributed by atoms with Crippen LogP contribution in [0.4, 0.5) is 0 Å². The quantitative estimate of drug-likeness (QED) is 0.681. The lowest BCUT2D eigenvalue weighted by molar-refractivity contribution is 0.395. The molecule has 1 aromatic heterocycles. The van der Waals surface area contributed by atoms with Crippen molar-refractivity contribution in [2.45, 2.75) is 38.5 Å². The molecule has 0 radical (unpaired) electrons. The van der Waals surface area contributed by atoms with Crippen LogP contribution in [0.5, 0.6) is 5.88 Å². The first-order valence-corrected chi connectivity index (χ1v) is 5.43. The molecule has 0 bridgehead atoms. The van der Waals surface area contributed by atoms with Gasteiger partial charge in [-0.25, -0.2) is 4.98 Å². The van der Waals surface area contributed by atoms with Gasteiger partial charge in [-0.15, -0.1) is 0 Å². The second-order valence-corrected chi connectivity index (χ2v) is 3.87. The van der Waals surface area contributed by atoms with Crippen LogP contribution in [0, 0.1) is 0 Å². The van der Waals surface area contributed by atoms with Crippen molar-refractivity contribution in [1.82, 2.24) is 4.98 Å². The SMILES string of the molecule is COc1ccc2c(n1)CCCCCC2. The molecule has 0 N–H and O–H groups in total. The highest BCUT2D eigenvalue weighted by atomic mass is 16.5. The lowest BCUT2D eigenvalue weighted by atomic mass is 9.97. The summed E-state index contributed by atoms with van der Waals surface area (Å²) in [5.41, 5.74) is 2.68. The second-order valence-electron chi connectivity index (χ2n) is 3.87. The normalized spacial score (nSPS) is 16.6. The van der Waals surface area contributed by atoms with Gasteiger partial charge in [-0.1, -0.05) is 18.9 Å². The van der Waals surface area contributed by atoms with Crippen LogP contribution in [-0.4, -0.2) is 12.1 Å². The molecule has 0 spiro atoms. The molecule has 0 aliphatic heterocycles. The van der Waals surface area contributed by atoms with E-state index in [1.807, 2.05) is 6.07 Å². The molecule has 0 unspecified atom stereocenters. The summed E-state index contributed by atoms with van der Waals surface area (Å²) in [7, 11) is 1.68. The van der Waals surface area contributed by atoms with E-state index in [1.54, 1.807) is 7.11 Å². The van der Waals surface area contributed by atoms with Crippen LogP contribution < -0.4 is 4.74 Å². The Morgan fingerprint density at radius 3 is 2.64 bits per heavy atom. The van der Waals surface area contributed by atoms with Gasteiger partial charge in [0.25, 0.3) is 0 Å². The molecule has 76 valence electrons. The second kappa shape index (κ2) is 4.45. The number of ether oxygens (including phenoxy) is 1. The molecule has 0 saturated heterocycles. The summed E-state index contributed by atoms with van der Waals surface area (Å²) in [4.78, 5) is 4.51. The monoisotopic (exact) mass is 191 g/mol. The summed E-state index contributed by atoms with van der Waals surface area (Å²) in [6.07, 6.45) is 7.59. The summed E-state index contributed by atoms with van der Waals surface area (Å²) in [6, 6.07) is 4.15. The Labute approximate surface area is 85.3 Å². The fourth-order valence-electron chi connectivity index (χ4n) is 2.03. The Bertz CT molecular complexity index is 309. The minimum Gasteiger partial charge on any atom is -0.481 e. The van der Waals surface area contributed by atoms with Gasteiger partial charge >= 0.3 is 0 Å². The first kappa shape index (κ1) is 9.50. The van der Waals surface area contributed by atoms with E-state index >= 15 is 0 Å². The lowest BCUT2D eigenvalue weighted by Crippen LogP contribution is -2.03. The van der Waals surface area contributed by atoms with Gasteiger partial charge in [-0.2, -0.15) is 0 Å². The van der Waals surface area contributed by atoms with Crippen molar-refractivity contribution in [3.63, 3.8) is 0 Å².